The van der Waals surface area contributed by atoms with Crippen LogP contribution in [0, 0.1) is 0 Å². The van der Waals surface area contributed by atoms with E-state index in [1.54, 1.807) is 10.7 Å². The predicted molar refractivity (Wildman–Crippen MR) is 94.9 cm³/mol. The maximum Gasteiger partial charge on any atom is 0.340 e. The van der Waals surface area contributed by atoms with E-state index in [1.165, 1.54) is 6.20 Å². The standard InChI is InChI=1S/C16H22N8O2/c1-3-23(4-2)9-11-7-18-14-12(8-19-24(14)10-11)15(25)17-6-5-13-20-16(26)22-21-13/h7-8,10H,3-6,9H2,1-2H3,(H,17,25)(H2,20,21,22,26). The molecular formula is C16H22N8O2. The Bertz CT molecular complexity index is 937. The van der Waals surface area contributed by atoms with Crippen LogP contribution in [-0.4, -0.2) is 60.2 Å². The molecule has 0 aliphatic carbocycles. The second kappa shape index (κ2) is 7.91. The van der Waals surface area contributed by atoms with Crippen LogP contribution >= 0.6 is 0 Å². The first-order chi connectivity index (χ1) is 12.6. The van der Waals surface area contributed by atoms with E-state index in [0.717, 1.165) is 25.2 Å². The summed E-state index contributed by atoms with van der Waals surface area (Å²) < 4.78 is 1.62. The summed E-state index contributed by atoms with van der Waals surface area (Å²) in [4.78, 5) is 32.5. The van der Waals surface area contributed by atoms with Gasteiger partial charge in [-0.3, -0.25) is 14.7 Å². The Morgan fingerprint density at radius 3 is 2.81 bits per heavy atom. The molecule has 0 bridgehead atoms. The fourth-order valence-electron chi connectivity index (χ4n) is 2.67. The third-order valence-corrected chi connectivity index (χ3v) is 4.15. The van der Waals surface area contributed by atoms with Gasteiger partial charge in [0.1, 0.15) is 11.4 Å². The second-order valence-electron chi connectivity index (χ2n) is 5.88. The predicted octanol–water partition coefficient (Wildman–Crippen LogP) is -0.0450. The van der Waals surface area contributed by atoms with Gasteiger partial charge in [0.2, 0.25) is 0 Å². The van der Waals surface area contributed by atoms with Crippen LogP contribution in [0.3, 0.4) is 0 Å². The van der Waals surface area contributed by atoms with Gasteiger partial charge in [0.05, 0.1) is 6.20 Å². The molecule has 3 aromatic rings. The van der Waals surface area contributed by atoms with E-state index in [1.807, 2.05) is 6.20 Å². The number of hydrogen-bond acceptors (Lipinski definition) is 6. The Kier molecular flexibility index (Phi) is 5.42. The average Bonchev–Trinajstić information content (AvgIpc) is 3.25. The first-order valence-corrected chi connectivity index (χ1v) is 8.57. The topological polar surface area (TPSA) is 124 Å². The SMILES string of the molecule is CCN(CC)Cc1cnc2c(C(=O)NCCc3n[nH]c(=O)[nH]3)cnn2c1. The van der Waals surface area contributed by atoms with Crippen molar-refractivity contribution in [3.63, 3.8) is 0 Å². The number of nitrogens with zero attached hydrogens (tertiary/aromatic N) is 5. The van der Waals surface area contributed by atoms with Crippen molar-refractivity contribution in [2.45, 2.75) is 26.8 Å². The fraction of sp³-hybridized carbons (Fsp3) is 0.438. The number of fused-ring (bicyclic) bond motifs is 1. The molecule has 0 spiro atoms. The van der Waals surface area contributed by atoms with Gasteiger partial charge < -0.3 is 5.32 Å². The lowest BCUT2D eigenvalue weighted by Crippen LogP contribution is -2.26. The van der Waals surface area contributed by atoms with E-state index < -0.39 is 0 Å². The summed E-state index contributed by atoms with van der Waals surface area (Å²) in [6.07, 6.45) is 5.60. The van der Waals surface area contributed by atoms with Crippen LogP contribution in [0.1, 0.15) is 35.6 Å². The molecule has 10 nitrogen and oxygen atoms in total. The lowest BCUT2D eigenvalue weighted by Gasteiger charge is -2.17. The minimum atomic E-state index is -0.362. The molecule has 3 rings (SSSR count). The van der Waals surface area contributed by atoms with Crippen LogP contribution in [0.4, 0.5) is 0 Å². The number of amides is 1. The van der Waals surface area contributed by atoms with Gasteiger partial charge in [0.15, 0.2) is 5.65 Å². The van der Waals surface area contributed by atoms with Gasteiger partial charge >= 0.3 is 5.69 Å². The largest absolute Gasteiger partial charge is 0.351 e. The number of aromatic amines is 2. The van der Waals surface area contributed by atoms with Gasteiger partial charge in [-0.2, -0.15) is 10.2 Å². The highest BCUT2D eigenvalue weighted by molar-refractivity contribution is 5.99. The van der Waals surface area contributed by atoms with Gasteiger partial charge in [-0.15, -0.1) is 0 Å². The molecule has 26 heavy (non-hydrogen) atoms. The molecular weight excluding hydrogens is 336 g/mol. The van der Waals surface area contributed by atoms with Gasteiger partial charge in [0.25, 0.3) is 5.91 Å². The maximum atomic E-state index is 12.4. The monoisotopic (exact) mass is 358 g/mol. The zero-order valence-corrected chi connectivity index (χ0v) is 14.8. The van der Waals surface area contributed by atoms with Crippen molar-refractivity contribution in [3.05, 3.63) is 46.0 Å². The molecule has 0 aliphatic heterocycles. The number of aromatic nitrogens is 6. The van der Waals surface area contributed by atoms with Crippen molar-refractivity contribution in [2.75, 3.05) is 19.6 Å². The van der Waals surface area contributed by atoms with Crippen LogP contribution < -0.4 is 11.0 Å². The molecule has 1 amide bonds. The van der Waals surface area contributed by atoms with Crippen molar-refractivity contribution in [1.82, 2.24) is 40.0 Å². The van der Waals surface area contributed by atoms with Crippen molar-refractivity contribution >= 4 is 11.6 Å². The summed E-state index contributed by atoms with van der Waals surface area (Å²) in [5, 5.41) is 13.1. The fourth-order valence-corrected chi connectivity index (χ4v) is 2.67. The third kappa shape index (κ3) is 3.97. The summed E-state index contributed by atoms with van der Waals surface area (Å²) in [6, 6.07) is 0. The van der Waals surface area contributed by atoms with Gasteiger partial charge in [-0.05, 0) is 13.1 Å². The first kappa shape index (κ1) is 17.8. The molecule has 10 heteroatoms. The maximum absolute atomic E-state index is 12.4. The minimum Gasteiger partial charge on any atom is -0.351 e. The molecule has 0 aliphatic rings. The third-order valence-electron chi connectivity index (χ3n) is 4.15. The molecule has 0 radical (unpaired) electrons. The van der Waals surface area contributed by atoms with E-state index in [2.05, 4.69) is 49.3 Å². The number of hydrogen-bond donors (Lipinski definition) is 3. The zero-order valence-electron chi connectivity index (χ0n) is 14.8. The number of H-pyrrole nitrogens is 2. The van der Waals surface area contributed by atoms with Crippen molar-refractivity contribution in [3.8, 4) is 0 Å². The molecule has 3 N–H and O–H groups in total. The summed E-state index contributed by atoms with van der Waals surface area (Å²) in [5.74, 6) is 0.233. The van der Waals surface area contributed by atoms with Crippen LogP contribution in [0.5, 0.6) is 0 Å². The molecule has 0 fully saturated rings. The van der Waals surface area contributed by atoms with Crippen LogP contribution in [0.2, 0.25) is 0 Å². The van der Waals surface area contributed by atoms with Crippen LogP contribution in [0.15, 0.2) is 23.4 Å². The number of nitrogens with one attached hydrogen (secondary N) is 3. The number of rotatable bonds is 8. The Hall–Kier alpha value is -3.01. The normalized spacial score (nSPS) is 11.3. The second-order valence-corrected chi connectivity index (χ2v) is 5.88. The molecule has 0 saturated carbocycles. The smallest absolute Gasteiger partial charge is 0.340 e. The van der Waals surface area contributed by atoms with Crippen molar-refractivity contribution < 1.29 is 4.79 Å². The Labute approximate surface area is 149 Å². The molecule has 0 unspecified atom stereocenters. The highest BCUT2D eigenvalue weighted by Crippen LogP contribution is 2.10. The Morgan fingerprint density at radius 2 is 2.12 bits per heavy atom. The summed E-state index contributed by atoms with van der Waals surface area (Å²) >= 11 is 0. The van der Waals surface area contributed by atoms with E-state index in [9.17, 15) is 9.59 Å². The summed E-state index contributed by atoms with van der Waals surface area (Å²) in [7, 11) is 0. The lowest BCUT2D eigenvalue weighted by atomic mass is 10.3. The van der Waals surface area contributed by atoms with E-state index in [4.69, 9.17) is 0 Å². The molecule has 0 aromatic carbocycles. The Balaban J connectivity index is 1.65. The van der Waals surface area contributed by atoms with E-state index in [0.29, 0.717) is 30.0 Å². The van der Waals surface area contributed by atoms with Crippen molar-refractivity contribution in [2.24, 2.45) is 0 Å². The van der Waals surface area contributed by atoms with E-state index >= 15 is 0 Å². The van der Waals surface area contributed by atoms with Crippen LogP contribution in [0.25, 0.3) is 5.65 Å². The van der Waals surface area contributed by atoms with Crippen molar-refractivity contribution in [1.29, 1.82) is 0 Å². The van der Waals surface area contributed by atoms with Crippen LogP contribution in [-0.2, 0) is 13.0 Å². The minimum absolute atomic E-state index is 0.262. The molecule has 3 aromatic heterocycles. The zero-order chi connectivity index (χ0) is 18.5. The highest BCUT2D eigenvalue weighted by atomic mass is 16.2. The number of carbonyl (C=O) groups excluding carboxylic acids is 1. The molecule has 0 atom stereocenters. The highest BCUT2D eigenvalue weighted by Gasteiger charge is 2.14. The van der Waals surface area contributed by atoms with Gasteiger partial charge in [-0.1, -0.05) is 13.8 Å². The molecule has 0 saturated heterocycles. The molecule has 138 valence electrons. The summed E-state index contributed by atoms with van der Waals surface area (Å²) in [6.45, 7) is 7.29. The average molecular weight is 358 g/mol. The summed E-state index contributed by atoms with van der Waals surface area (Å²) in [5.41, 5.74) is 1.60. The lowest BCUT2D eigenvalue weighted by molar-refractivity contribution is 0.0955. The van der Waals surface area contributed by atoms with Gasteiger partial charge in [-0.25, -0.2) is 19.4 Å². The molecule has 3 heterocycles. The number of carbonyl (C=O) groups is 1. The first-order valence-electron chi connectivity index (χ1n) is 8.57. The Morgan fingerprint density at radius 1 is 1.31 bits per heavy atom. The quantitative estimate of drug-likeness (QED) is 0.519. The van der Waals surface area contributed by atoms with E-state index in [-0.39, 0.29) is 11.6 Å². The van der Waals surface area contributed by atoms with Gasteiger partial charge in [0, 0.05) is 37.5 Å².